The average molecular weight is 182 g/mol. The van der Waals surface area contributed by atoms with Crippen molar-refractivity contribution in [2.24, 2.45) is 0 Å². The summed E-state index contributed by atoms with van der Waals surface area (Å²) in [7, 11) is 1.65. The normalized spacial score (nSPS) is 16.4. The summed E-state index contributed by atoms with van der Waals surface area (Å²) in [4.78, 5) is 4.13. The first kappa shape index (κ1) is 8.72. The standard InChI is InChI=1S/C9H14N2O2/c1-12-5-9-8(11-6-13-9)4-10-7-2-3-7/h6-7,10H,2-5H2,1H3. The highest BCUT2D eigenvalue weighted by molar-refractivity contribution is 5.06. The number of nitrogens with zero attached hydrogens (tertiary/aromatic N) is 1. The first-order valence-electron chi connectivity index (χ1n) is 4.53. The van der Waals surface area contributed by atoms with Gasteiger partial charge in [-0.1, -0.05) is 0 Å². The third-order valence-corrected chi connectivity index (χ3v) is 2.14. The summed E-state index contributed by atoms with van der Waals surface area (Å²) in [6, 6.07) is 0.701. The summed E-state index contributed by atoms with van der Waals surface area (Å²) in [5.74, 6) is 0.829. The molecule has 0 amide bonds. The van der Waals surface area contributed by atoms with Gasteiger partial charge >= 0.3 is 0 Å². The third-order valence-electron chi connectivity index (χ3n) is 2.14. The number of hydrogen-bond acceptors (Lipinski definition) is 4. The molecule has 1 N–H and O–H groups in total. The van der Waals surface area contributed by atoms with Crippen LogP contribution in [0.2, 0.25) is 0 Å². The Balaban J connectivity index is 1.88. The van der Waals surface area contributed by atoms with E-state index in [9.17, 15) is 0 Å². The van der Waals surface area contributed by atoms with Gasteiger partial charge in [0.2, 0.25) is 0 Å². The first-order valence-corrected chi connectivity index (χ1v) is 4.53. The monoisotopic (exact) mass is 182 g/mol. The number of aromatic nitrogens is 1. The lowest BCUT2D eigenvalue weighted by Crippen LogP contribution is -2.16. The number of oxazole rings is 1. The Morgan fingerprint density at radius 3 is 3.23 bits per heavy atom. The van der Waals surface area contributed by atoms with Gasteiger partial charge in [-0.15, -0.1) is 0 Å². The lowest BCUT2D eigenvalue weighted by atomic mass is 10.3. The Morgan fingerprint density at radius 1 is 1.69 bits per heavy atom. The van der Waals surface area contributed by atoms with E-state index in [-0.39, 0.29) is 0 Å². The second kappa shape index (κ2) is 3.89. The van der Waals surface area contributed by atoms with Crippen molar-refractivity contribution in [3.63, 3.8) is 0 Å². The van der Waals surface area contributed by atoms with E-state index in [0.29, 0.717) is 12.6 Å². The summed E-state index contributed by atoms with van der Waals surface area (Å²) >= 11 is 0. The van der Waals surface area contributed by atoms with E-state index in [1.165, 1.54) is 19.2 Å². The molecule has 72 valence electrons. The molecule has 0 aliphatic heterocycles. The van der Waals surface area contributed by atoms with Gasteiger partial charge < -0.3 is 14.5 Å². The van der Waals surface area contributed by atoms with E-state index in [1.54, 1.807) is 7.11 Å². The summed E-state index contributed by atoms with van der Waals surface area (Å²) in [6.07, 6.45) is 4.05. The van der Waals surface area contributed by atoms with Crippen LogP contribution in [0.25, 0.3) is 0 Å². The molecule has 0 radical (unpaired) electrons. The smallest absolute Gasteiger partial charge is 0.181 e. The molecule has 1 aliphatic carbocycles. The van der Waals surface area contributed by atoms with Crippen LogP contribution < -0.4 is 5.32 Å². The molecule has 0 saturated heterocycles. The van der Waals surface area contributed by atoms with Crippen molar-refractivity contribution in [1.29, 1.82) is 0 Å². The zero-order chi connectivity index (χ0) is 9.10. The van der Waals surface area contributed by atoms with E-state index in [0.717, 1.165) is 18.0 Å². The molecule has 0 bridgehead atoms. The predicted molar refractivity (Wildman–Crippen MR) is 47.1 cm³/mol. The van der Waals surface area contributed by atoms with Crippen molar-refractivity contribution in [2.75, 3.05) is 7.11 Å². The summed E-state index contributed by atoms with van der Waals surface area (Å²) < 4.78 is 10.2. The van der Waals surface area contributed by atoms with E-state index >= 15 is 0 Å². The van der Waals surface area contributed by atoms with Crippen molar-refractivity contribution in [3.8, 4) is 0 Å². The highest BCUT2D eigenvalue weighted by atomic mass is 16.5. The summed E-state index contributed by atoms with van der Waals surface area (Å²) in [5.41, 5.74) is 0.966. The molecule has 2 rings (SSSR count). The largest absolute Gasteiger partial charge is 0.446 e. The number of rotatable bonds is 5. The van der Waals surface area contributed by atoms with Gasteiger partial charge in [0.15, 0.2) is 12.2 Å². The van der Waals surface area contributed by atoms with Gasteiger partial charge in [-0.25, -0.2) is 4.98 Å². The molecule has 13 heavy (non-hydrogen) atoms. The Labute approximate surface area is 77.3 Å². The van der Waals surface area contributed by atoms with E-state index in [4.69, 9.17) is 9.15 Å². The van der Waals surface area contributed by atoms with Crippen LogP contribution >= 0.6 is 0 Å². The molecular formula is C9H14N2O2. The van der Waals surface area contributed by atoms with E-state index in [1.807, 2.05) is 0 Å². The second-order valence-electron chi connectivity index (χ2n) is 3.31. The van der Waals surface area contributed by atoms with Crippen LogP contribution in [0, 0.1) is 0 Å². The minimum Gasteiger partial charge on any atom is -0.446 e. The minimum absolute atomic E-state index is 0.502. The van der Waals surface area contributed by atoms with Crippen molar-refractivity contribution in [2.45, 2.75) is 32.0 Å². The number of nitrogens with one attached hydrogen (secondary N) is 1. The molecule has 0 aromatic carbocycles. The van der Waals surface area contributed by atoms with Crippen molar-refractivity contribution < 1.29 is 9.15 Å². The fourth-order valence-corrected chi connectivity index (χ4v) is 1.21. The topological polar surface area (TPSA) is 47.3 Å². The van der Waals surface area contributed by atoms with Crippen LogP contribution in [-0.2, 0) is 17.9 Å². The zero-order valence-corrected chi connectivity index (χ0v) is 7.75. The van der Waals surface area contributed by atoms with Crippen LogP contribution in [0.3, 0.4) is 0 Å². The van der Waals surface area contributed by atoms with Gasteiger partial charge in [0.25, 0.3) is 0 Å². The number of methoxy groups -OCH3 is 1. The van der Waals surface area contributed by atoms with Crippen LogP contribution in [-0.4, -0.2) is 18.1 Å². The Morgan fingerprint density at radius 2 is 2.54 bits per heavy atom. The average Bonchev–Trinajstić information content (AvgIpc) is 2.86. The molecule has 1 aliphatic rings. The third kappa shape index (κ3) is 2.29. The molecular weight excluding hydrogens is 168 g/mol. The van der Waals surface area contributed by atoms with Gasteiger partial charge in [-0.2, -0.15) is 0 Å². The highest BCUT2D eigenvalue weighted by Crippen LogP contribution is 2.19. The number of ether oxygens (including phenoxy) is 1. The first-order chi connectivity index (χ1) is 6.40. The maximum Gasteiger partial charge on any atom is 0.181 e. The summed E-state index contributed by atoms with van der Waals surface area (Å²) in [5, 5.41) is 3.38. The van der Waals surface area contributed by atoms with E-state index < -0.39 is 0 Å². The molecule has 1 fully saturated rings. The molecule has 1 heterocycles. The Hall–Kier alpha value is -0.870. The molecule has 4 nitrogen and oxygen atoms in total. The van der Waals surface area contributed by atoms with Crippen molar-refractivity contribution >= 4 is 0 Å². The lowest BCUT2D eigenvalue weighted by molar-refractivity contribution is 0.163. The van der Waals surface area contributed by atoms with Crippen LogP contribution in [0.15, 0.2) is 10.8 Å². The minimum atomic E-state index is 0.502. The maximum absolute atomic E-state index is 5.18. The number of hydrogen-bond donors (Lipinski definition) is 1. The molecule has 1 saturated carbocycles. The second-order valence-corrected chi connectivity index (χ2v) is 3.31. The highest BCUT2D eigenvalue weighted by Gasteiger charge is 2.21. The van der Waals surface area contributed by atoms with Gasteiger partial charge in [0.05, 0.1) is 5.69 Å². The Bertz CT molecular complexity index is 268. The quantitative estimate of drug-likeness (QED) is 0.740. The van der Waals surface area contributed by atoms with Gasteiger partial charge in [-0.3, -0.25) is 0 Å². The van der Waals surface area contributed by atoms with Crippen molar-refractivity contribution in [1.82, 2.24) is 10.3 Å². The van der Waals surface area contributed by atoms with Crippen molar-refractivity contribution in [3.05, 3.63) is 17.8 Å². The molecule has 0 atom stereocenters. The molecule has 0 unspecified atom stereocenters. The molecule has 0 spiro atoms. The fraction of sp³-hybridized carbons (Fsp3) is 0.667. The maximum atomic E-state index is 5.18. The van der Waals surface area contributed by atoms with Crippen LogP contribution in [0.4, 0.5) is 0 Å². The Kier molecular flexibility index (Phi) is 2.61. The molecule has 1 aromatic heterocycles. The summed E-state index contributed by atoms with van der Waals surface area (Å²) in [6.45, 7) is 1.29. The van der Waals surface area contributed by atoms with Crippen LogP contribution in [0.1, 0.15) is 24.3 Å². The molecule has 4 heteroatoms. The fourth-order valence-electron chi connectivity index (χ4n) is 1.21. The molecule has 1 aromatic rings. The van der Waals surface area contributed by atoms with Gasteiger partial charge in [0.1, 0.15) is 6.61 Å². The zero-order valence-electron chi connectivity index (χ0n) is 7.75. The van der Waals surface area contributed by atoms with Crippen LogP contribution in [0.5, 0.6) is 0 Å². The predicted octanol–water partition coefficient (Wildman–Crippen LogP) is 1.07. The van der Waals surface area contributed by atoms with Gasteiger partial charge in [0, 0.05) is 19.7 Å². The lowest BCUT2D eigenvalue weighted by Gasteiger charge is -2.00. The van der Waals surface area contributed by atoms with E-state index in [2.05, 4.69) is 10.3 Å². The van der Waals surface area contributed by atoms with Gasteiger partial charge in [-0.05, 0) is 12.8 Å². The SMILES string of the molecule is COCc1ocnc1CNC1CC1.